The number of methoxy groups -OCH3 is 1. The maximum atomic E-state index is 13.5. The Bertz CT molecular complexity index is 674. The number of esters is 1. The molecule has 0 aliphatic carbocycles. The molecule has 0 saturated carbocycles. The molecule has 1 aromatic carbocycles. The van der Waals surface area contributed by atoms with E-state index in [4.69, 9.17) is 15.2 Å². The summed E-state index contributed by atoms with van der Waals surface area (Å²) >= 11 is 0. The second-order valence-electron chi connectivity index (χ2n) is 4.46. The van der Waals surface area contributed by atoms with Crippen molar-refractivity contribution >= 4 is 11.7 Å². The fraction of sp³-hybridized carbons (Fsp3) is 0.200. The van der Waals surface area contributed by atoms with Crippen LogP contribution in [0.25, 0.3) is 0 Å². The molecule has 2 aromatic rings. The molecule has 0 aliphatic rings. The van der Waals surface area contributed by atoms with Gasteiger partial charge in [-0.3, -0.25) is 4.98 Å². The Morgan fingerprint density at radius 2 is 2.10 bits per heavy atom. The number of carbonyl (C=O) groups excluding carboxylic acids is 1. The first-order valence-corrected chi connectivity index (χ1v) is 6.23. The van der Waals surface area contributed by atoms with E-state index < -0.39 is 11.8 Å². The van der Waals surface area contributed by atoms with E-state index in [0.29, 0.717) is 17.1 Å². The highest BCUT2D eigenvalue weighted by atomic mass is 19.1. The molecule has 5 nitrogen and oxygen atoms in total. The van der Waals surface area contributed by atoms with Gasteiger partial charge < -0.3 is 15.2 Å². The van der Waals surface area contributed by atoms with Crippen LogP contribution in [0.5, 0.6) is 5.75 Å². The summed E-state index contributed by atoms with van der Waals surface area (Å²) in [7, 11) is 1.53. The van der Waals surface area contributed by atoms with Crippen molar-refractivity contribution in [1.82, 2.24) is 4.98 Å². The Morgan fingerprint density at radius 3 is 2.81 bits per heavy atom. The van der Waals surface area contributed by atoms with Crippen molar-refractivity contribution in [2.24, 2.45) is 0 Å². The largest absolute Gasteiger partial charge is 0.497 e. The van der Waals surface area contributed by atoms with Crippen LogP contribution in [0.2, 0.25) is 0 Å². The van der Waals surface area contributed by atoms with E-state index in [1.807, 2.05) is 0 Å². The summed E-state index contributed by atoms with van der Waals surface area (Å²) in [5.74, 6) is -0.852. The molecule has 0 aliphatic heterocycles. The molecule has 0 unspecified atom stereocenters. The molecule has 110 valence electrons. The van der Waals surface area contributed by atoms with E-state index in [-0.39, 0.29) is 12.2 Å². The average molecular weight is 290 g/mol. The number of nitrogens with two attached hydrogens (primary N) is 1. The van der Waals surface area contributed by atoms with Gasteiger partial charge >= 0.3 is 5.97 Å². The maximum Gasteiger partial charge on any atom is 0.341 e. The van der Waals surface area contributed by atoms with Crippen molar-refractivity contribution in [3.63, 3.8) is 0 Å². The first-order chi connectivity index (χ1) is 9.99. The molecular weight excluding hydrogens is 275 g/mol. The number of carbonyl (C=O) groups is 1. The van der Waals surface area contributed by atoms with E-state index in [9.17, 15) is 9.18 Å². The fourth-order valence-electron chi connectivity index (χ4n) is 1.81. The number of ether oxygens (including phenoxy) is 2. The van der Waals surface area contributed by atoms with Crippen LogP contribution in [-0.4, -0.2) is 18.1 Å². The van der Waals surface area contributed by atoms with Crippen LogP contribution in [0.3, 0.4) is 0 Å². The van der Waals surface area contributed by atoms with Gasteiger partial charge in [0.1, 0.15) is 18.2 Å². The van der Waals surface area contributed by atoms with Crippen LogP contribution < -0.4 is 10.5 Å². The van der Waals surface area contributed by atoms with Gasteiger partial charge in [-0.25, -0.2) is 9.18 Å². The Hall–Kier alpha value is -2.63. The third-order valence-electron chi connectivity index (χ3n) is 2.78. The predicted octanol–water partition coefficient (Wildman–Crippen LogP) is 2.48. The normalized spacial score (nSPS) is 10.2. The zero-order valence-electron chi connectivity index (χ0n) is 11.7. The lowest BCUT2D eigenvalue weighted by Gasteiger charge is -2.08. The number of nitrogens with zero attached hydrogens (tertiary/aromatic N) is 1. The summed E-state index contributed by atoms with van der Waals surface area (Å²) in [6, 6.07) is 7.14. The van der Waals surface area contributed by atoms with Crippen molar-refractivity contribution in [1.29, 1.82) is 0 Å². The molecule has 2 rings (SSSR count). The van der Waals surface area contributed by atoms with Gasteiger partial charge in [0.2, 0.25) is 0 Å². The van der Waals surface area contributed by atoms with Gasteiger partial charge in [-0.05, 0) is 25.1 Å². The summed E-state index contributed by atoms with van der Waals surface area (Å²) in [5, 5.41) is 0. The van der Waals surface area contributed by atoms with Crippen LogP contribution >= 0.6 is 0 Å². The Morgan fingerprint density at radius 1 is 1.33 bits per heavy atom. The molecule has 0 fully saturated rings. The van der Waals surface area contributed by atoms with Crippen molar-refractivity contribution in [2.75, 3.05) is 12.8 Å². The topological polar surface area (TPSA) is 74.4 Å². The summed E-state index contributed by atoms with van der Waals surface area (Å²) < 4.78 is 23.7. The molecule has 0 saturated heterocycles. The standard InChI is InChI=1S/C15H15FN2O3/c1-9-5-12(20-2)7-11(18-9)8-21-15(19)13-6-10(17)3-4-14(13)16/h3-7H,8,17H2,1-2H3. The lowest BCUT2D eigenvalue weighted by Crippen LogP contribution is -2.09. The monoisotopic (exact) mass is 290 g/mol. The molecule has 1 aromatic heterocycles. The second kappa shape index (κ2) is 6.21. The molecule has 0 radical (unpaired) electrons. The molecule has 21 heavy (non-hydrogen) atoms. The second-order valence-corrected chi connectivity index (χ2v) is 4.46. The zero-order chi connectivity index (χ0) is 15.4. The quantitative estimate of drug-likeness (QED) is 0.691. The minimum Gasteiger partial charge on any atom is -0.497 e. The van der Waals surface area contributed by atoms with Crippen molar-refractivity contribution in [3.05, 3.63) is 53.1 Å². The lowest BCUT2D eigenvalue weighted by molar-refractivity contribution is 0.0462. The fourth-order valence-corrected chi connectivity index (χ4v) is 1.81. The number of aryl methyl sites for hydroxylation is 1. The Labute approximate surface area is 121 Å². The molecular formula is C15H15FN2O3. The highest BCUT2D eigenvalue weighted by Crippen LogP contribution is 2.16. The van der Waals surface area contributed by atoms with Gasteiger partial charge in [0.15, 0.2) is 0 Å². The smallest absolute Gasteiger partial charge is 0.341 e. The Kier molecular flexibility index (Phi) is 4.37. The minimum atomic E-state index is -0.790. The summed E-state index contributed by atoms with van der Waals surface area (Å²) in [4.78, 5) is 16.1. The van der Waals surface area contributed by atoms with Gasteiger partial charge in [0.25, 0.3) is 0 Å². The van der Waals surface area contributed by atoms with Crippen LogP contribution in [0, 0.1) is 12.7 Å². The molecule has 0 atom stereocenters. The van der Waals surface area contributed by atoms with Gasteiger partial charge in [-0.15, -0.1) is 0 Å². The first kappa shape index (κ1) is 14.8. The molecule has 6 heteroatoms. The van der Waals surface area contributed by atoms with E-state index >= 15 is 0 Å². The molecule has 0 spiro atoms. The SMILES string of the molecule is COc1cc(C)nc(COC(=O)c2cc(N)ccc2F)c1. The highest BCUT2D eigenvalue weighted by molar-refractivity contribution is 5.90. The molecule has 0 bridgehead atoms. The van der Waals surface area contributed by atoms with E-state index in [0.717, 1.165) is 11.8 Å². The number of halogens is 1. The number of rotatable bonds is 4. The summed E-state index contributed by atoms with van der Waals surface area (Å²) in [6.45, 7) is 1.72. The average Bonchev–Trinajstić information content (AvgIpc) is 2.46. The maximum absolute atomic E-state index is 13.5. The molecule has 1 heterocycles. The zero-order valence-corrected chi connectivity index (χ0v) is 11.7. The van der Waals surface area contributed by atoms with E-state index in [1.165, 1.54) is 19.2 Å². The molecule has 0 amide bonds. The third kappa shape index (κ3) is 3.68. The van der Waals surface area contributed by atoms with E-state index in [2.05, 4.69) is 4.98 Å². The summed E-state index contributed by atoms with van der Waals surface area (Å²) in [6.07, 6.45) is 0. The van der Waals surface area contributed by atoms with Gasteiger partial charge in [0.05, 0.1) is 18.4 Å². The number of aromatic nitrogens is 1. The lowest BCUT2D eigenvalue weighted by atomic mass is 10.2. The van der Waals surface area contributed by atoms with Crippen LogP contribution in [0.4, 0.5) is 10.1 Å². The van der Waals surface area contributed by atoms with E-state index in [1.54, 1.807) is 19.1 Å². The number of hydrogen-bond donors (Lipinski definition) is 1. The predicted molar refractivity (Wildman–Crippen MR) is 75.5 cm³/mol. The number of hydrogen-bond acceptors (Lipinski definition) is 5. The van der Waals surface area contributed by atoms with Crippen molar-refractivity contribution < 1.29 is 18.7 Å². The number of anilines is 1. The third-order valence-corrected chi connectivity index (χ3v) is 2.78. The van der Waals surface area contributed by atoms with Gasteiger partial charge in [-0.1, -0.05) is 0 Å². The Balaban J connectivity index is 2.11. The van der Waals surface area contributed by atoms with Gasteiger partial charge in [0, 0.05) is 23.5 Å². The number of pyridine rings is 1. The van der Waals surface area contributed by atoms with Crippen LogP contribution in [0.1, 0.15) is 21.7 Å². The number of nitrogen functional groups attached to an aromatic ring is 1. The molecule has 2 N–H and O–H groups in total. The van der Waals surface area contributed by atoms with Crippen molar-refractivity contribution in [3.8, 4) is 5.75 Å². The first-order valence-electron chi connectivity index (χ1n) is 6.23. The summed E-state index contributed by atoms with van der Waals surface area (Å²) in [5.41, 5.74) is 6.87. The van der Waals surface area contributed by atoms with Crippen LogP contribution in [0.15, 0.2) is 30.3 Å². The minimum absolute atomic E-state index is 0.0783. The number of benzene rings is 1. The van der Waals surface area contributed by atoms with Crippen LogP contribution in [-0.2, 0) is 11.3 Å². The van der Waals surface area contributed by atoms with Crippen molar-refractivity contribution in [2.45, 2.75) is 13.5 Å². The van der Waals surface area contributed by atoms with Gasteiger partial charge in [-0.2, -0.15) is 0 Å². The highest BCUT2D eigenvalue weighted by Gasteiger charge is 2.14.